The Morgan fingerprint density at radius 2 is 1.14 bits per heavy atom. The van der Waals surface area contributed by atoms with E-state index in [-0.39, 0.29) is 0 Å². The van der Waals surface area contributed by atoms with Crippen LogP contribution in [0.15, 0.2) is 121 Å². The summed E-state index contributed by atoms with van der Waals surface area (Å²) in [6.07, 6.45) is 4.66. The van der Waals surface area contributed by atoms with Crippen molar-refractivity contribution in [2.75, 3.05) is 72.5 Å². The van der Waals surface area contributed by atoms with Crippen molar-refractivity contribution in [3.8, 4) is 0 Å². The highest BCUT2D eigenvalue weighted by molar-refractivity contribution is 5.19. The molecule has 4 aromatic rings. The molecule has 0 aromatic heterocycles. The Balaban J connectivity index is 1.07. The highest BCUT2D eigenvalue weighted by Crippen LogP contribution is 2.18. The first kappa shape index (κ1) is 36.4. The zero-order chi connectivity index (χ0) is 34.2. The Morgan fingerprint density at radius 3 is 1.70 bits per heavy atom. The molecule has 6 rings (SSSR count). The molecule has 266 valence electrons. The lowest BCUT2D eigenvalue weighted by atomic mass is 10.0. The van der Waals surface area contributed by atoms with E-state index in [1.807, 2.05) is 0 Å². The van der Waals surface area contributed by atoms with Crippen LogP contribution in [0.3, 0.4) is 0 Å². The molecule has 0 bridgehead atoms. The SMILES string of the molecule is CN1CCN(C[C@H](Cc2ccccc2)NC[C@H](Cc2ccccc2)NC[C@@H]2CCCN2CCN(Cc2ccccc2)Cc2ccccc2)CC1. The van der Waals surface area contributed by atoms with Crippen molar-refractivity contribution in [2.45, 2.75) is 56.9 Å². The Labute approximate surface area is 302 Å². The monoisotopic (exact) mass is 672 g/mol. The van der Waals surface area contributed by atoms with E-state index >= 15 is 0 Å². The highest BCUT2D eigenvalue weighted by Gasteiger charge is 2.26. The van der Waals surface area contributed by atoms with Gasteiger partial charge in [0.15, 0.2) is 0 Å². The summed E-state index contributed by atoms with van der Waals surface area (Å²) in [6, 6.07) is 45.4. The zero-order valence-electron chi connectivity index (χ0n) is 30.4. The van der Waals surface area contributed by atoms with Crippen molar-refractivity contribution >= 4 is 0 Å². The smallest absolute Gasteiger partial charge is 0.0237 e. The fourth-order valence-corrected chi connectivity index (χ4v) is 7.76. The highest BCUT2D eigenvalue weighted by atomic mass is 15.3. The summed E-state index contributed by atoms with van der Waals surface area (Å²) < 4.78 is 0. The maximum absolute atomic E-state index is 4.10. The molecule has 0 aliphatic carbocycles. The summed E-state index contributed by atoms with van der Waals surface area (Å²) in [5.41, 5.74) is 5.60. The van der Waals surface area contributed by atoms with Crippen molar-refractivity contribution in [1.29, 1.82) is 0 Å². The van der Waals surface area contributed by atoms with Crippen molar-refractivity contribution in [1.82, 2.24) is 30.2 Å². The van der Waals surface area contributed by atoms with Gasteiger partial charge in [-0.1, -0.05) is 121 Å². The van der Waals surface area contributed by atoms with Gasteiger partial charge in [0.25, 0.3) is 0 Å². The number of nitrogens with zero attached hydrogens (tertiary/aromatic N) is 4. The van der Waals surface area contributed by atoms with Gasteiger partial charge in [0.05, 0.1) is 0 Å². The third-order valence-corrected chi connectivity index (χ3v) is 10.7. The number of hydrogen-bond donors (Lipinski definition) is 2. The molecule has 2 saturated heterocycles. The first-order chi connectivity index (χ1) is 24.7. The number of nitrogens with one attached hydrogen (secondary N) is 2. The predicted molar refractivity (Wildman–Crippen MR) is 209 cm³/mol. The topological polar surface area (TPSA) is 37.0 Å². The van der Waals surface area contributed by atoms with E-state index in [0.717, 1.165) is 84.8 Å². The van der Waals surface area contributed by atoms with Gasteiger partial charge in [-0.15, -0.1) is 0 Å². The summed E-state index contributed by atoms with van der Waals surface area (Å²) in [4.78, 5) is 10.5. The lowest BCUT2D eigenvalue weighted by Gasteiger charge is -2.35. The first-order valence-electron chi connectivity index (χ1n) is 19.2. The Hall–Kier alpha value is -3.36. The zero-order valence-corrected chi connectivity index (χ0v) is 30.4. The van der Waals surface area contributed by atoms with Gasteiger partial charge in [0, 0.05) is 90.1 Å². The number of rotatable bonds is 19. The molecule has 2 fully saturated rings. The van der Waals surface area contributed by atoms with Gasteiger partial charge in [-0.3, -0.25) is 14.7 Å². The van der Waals surface area contributed by atoms with Gasteiger partial charge in [-0.25, -0.2) is 0 Å². The molecule has 2 aliphatic rings. The lowest BCUT2D eigenvalue weighted by Crippen LogP contribution is -2.53. The molecule has 0 spiro atoms. The van der Waals surface area contributed by atoms with Crippen LogP contribution in [0, 0.1) is 0 Å². The van der Waals surface area contributed by atoms with Crippen LogP contribution in [0.2, 0.25) is 0 Å². The van der Waals surface area contributed by atoms with Crippen LogP contribution in [-0.2, 0) is 25.9 Å². The summed E-state index contributed by atoms with van der Waals surface area (Å²) in [6.45, 7) is 13.1. The molecule has 2 N–H and O–H groups in total. The lowest BCUT2D eigenvalue weighted by molar-refractivity contribution is 0.141. The van der Waals surface area contributed by atoms with Gasteiger partial charge in [0.2, 0.25) is 0 Å². The summed E-state index contributed by atoms with van der Waals surface area (Å²) in [5, 5.41) is 8.18. The van der Waals surface area contributed by atoms with Crippen LogP contribution in [0.1, 0.15) is 35.1 Å². The predicted octanol–water partition coefficient (Wildman–Crippen LogP) is 5.80. The Kier molecular flexibility index (Phi) is 14.5. The fourth-order valence-electron chi connectivity index (χ4n) is 7.76. The Morgan fingerprint density at radius 1 is 0.620 bits per heavy atom. The average Bonchev–Trinajstić information content (AvgIpc) is 3.61. The standard InChI is InChI=1S/C44H60N6/c1-47-25-27-48(28-26-47)37-43(32-39-17-8-3-9-18-39)45-33-42(31-38-15-6-2-7-16-38)46-34-44-23-14-24-50(44)30-29-49(35-40-19-10-4-11-20-40)36-41-21-12-5-13-22-41/h2-13,15-22,42-46H,14,23-37H2,1H3/t42-,43-,44-/m0/s1. The molecular weight excluding hydrogens is 613 g/mol. The van der Waals surface area contributed by atoms with Gasteiger partial charge >= 0.3 is 0 Å². The van der Waals surface area contributed by atoms with Crippen LogP contribution in [0.25, 0.3) is 0 Å². The normalized spacial score (nSPS) is 18.8. The van der Waals surface area contributed by atoms with Gasteiger partial charge in [-0.05, 0) is 61.5 Å². The third-order valence-electron chi connectivity index (χ3n) is 10.7. The Bertz CT molecular complexity index is 1420. The number of hydrogen-bond acceptors (Lipinski definition) is 6. The molecule has 0 amide bonds. The molecule has 50 heavy (non-hydrogen) atoms. The minimum Gasteiger partial charge on any atom is -0.311 e. The summed E-state index contributed by atoms with van der Waals surface area (Å²) in [7, 11) is 2.24. The number of likely N-dealkylation sites (N-methyl/N-ethyl adjacent to an activating group) is 1. The average molecular weight is 673 g/mol. The summed E-state index contributed by atoms with van der Waals surface area (Å²) >= 11 is 0. The number of piperazine rings is 1. The van der Waals surface area contributed by atoms with E-state index in [2.05, 4.69) is 159 Å². The quantitative estimate of drug-likeness (QED) is 0.131. The van der Waals surface area contributed by atoms with Crippen LogP contribution in [-0.4, -0.2) is 110 Å². The second-order valence-electron chi connectivity index (χ2n) is 14.7. The van der Waals surface area contributed by atoms with Crippen molar-refractivity contribution in [3.05, 3.63) is 144 Å². The first-order valence-corrected chi connectivity index (χ1v) is 19.2. The van der Waals surface area contributed by atoms with Crippen LogP contribution in [0.4, 0.5) is 0 Å². The molecule has 0 radical (unpaired) electrons. The van der Waals surface area contributed by atoms with Crippen molar-refractivity contribution in [3.63, 3.8) is 0 Å². The maximum atomic E-state index is 4.10. The summed E-state index contributed by atoms with van der Waals surface area (Å²) in [5.74, 6) is 0. The van der Waals surface area contributed by atoms with Crippen molar-refractivity contribution in [2.24, 2.45) is 0 Å². The molecule has 6 nitrogen and oxygen atoms in total. The van der Waals surface area contributed by atoms with Crippen LogP contribution >= 0.6 is 0 Å². The van der Waals surface area contributed by atoms with E-state index in [1.165, 1.54) is 41.6 Å². The van der Waals surface area contributed by atoms with E-state index in [0.29, 0.717) is 18.1 Å². The molecule has 6 heteroatoms. The molecule has 0 saturated carbocycles. The largest absolute Gasteiger partial charge is 0.311 e. The molecule has 3 atom stereocenters. The van der Waals surface area contributed by atoms with Gasteiger partial charge < -0.3 is 15.5 Å². The number of likely N-dealkylation sites (tertiary alicyclic amines) is 1. The van der Waals surface area contributed by atoms with E-state index in [1.54, 1.807) is 0 Å². The second kappa shape index (κ2) is 19.9. The van der Waals surface area contributed by atoms with Gasteiger partial charge in [0.1, 0.15) is 0 Å². The molecule has 2 heterocycles. The number of benzene rings is 4. The molecule has 0 unspecified atom stereocenters. The van der Waals surface area contributed by atoms with E-state index < -0.39 is 0 Å². The third kappa shape index (κ3) is 12.2. The fraction of sp³-hybridized carbons (Fsp3) is 0.455. The minimum atomic E-state index is 0.373. The molecular formula is C44H60N6. The van der Waals surface area contributed by atoms with E-state index in [9.17, 15) is 0 Å². The van der Waals surface area contributed by atoms with Crippen molar-refractivity contribution < 1.29 is 0 Å². The van der Waals surface area contributed by atoms with Crippen LogP contribution in [0.5, 0.6) is 0 Å². The second-order valence-corrected chi connectivity index (χ2v) is 14.7. The molecule has 2 aliphatic heterocycles. The van der Waals surface area contributed by atoms with Crippen LogP contribution < -0.4 is 10.6 Å². The minimum absolute atomic E-state index is 0.373. The molecule has 4 aromatic carbocycles. The van der Waals surface area contributed by atoms with E-state index in [4.69, 9.17) is 0 Å². The van der Waals surface area contributed by atoms with Gasteiger partial charge in [-0.2, -0.15) is 0 Å². The maximum Gasteiger partial charge on any atom is 0.0237 e.